The highest BCUT2D eigenvalue weighted by Gasteiger charge is 2.27. The molecule has 1 aromatic heterocycles. The molecule has 0 unspecified atom stereocenters. The van der Waals surface area contributed by atoms with Crippen LogP contribution in [0, 0.1) is 0 Å². The van der Waals surface area contributed by atoms with E-state index in [9.17, 15) is 14.4 Å². The zero-order valence-corrected chi connectivity index (χ0v) is 18.3. The van der Waals surface area contributed by atoms with Crippen LogP contribution < -0.4 is 15.6 Å². The SMILES string of the molecule is O=C(O)CCCOc1ccc(/C(=C\[C@H]2CCC(=O)N2)c2ccc(C3CC3)c(=O)[nH]2)cc1Cl. The fraction of sp³-hybridized carbons (Fsp3) is 0.375. The second-order valence-electron chi connectivity index (χ2n) is 8.21. The number of hydrogen-bond donors (Lipinski definition) is 3. The summed E-state index contributed by atoms with van der Waals surface area (Å²) in [5.74, 6) is -0.0508. The molecular weight excluding hydrogens is 432 g/mol. The van der Waals surface area contributed by atoms with E-state index in [2.05, 4.69) is 10.3 Å². The van der Waals surface area contributed by atoms with Gasteiger partial charge in [-0.15, -0.1) is 0 Å². The number of hydrogen-bond acceptors (Lipinski definition) is 4. The Balaban J connectivity index is 1.61. The molecule has 1 saturated heterocycles. The van der Waals surface area contributed by atoms with Crippen LogP contribution in [0.1, 0.15) is 61.3 Å². The van der Waals surface area contributed by atoms with Gasteiger partial charge in [-0.2, -0.15) is 0 Å². The van der Waals surface area contributed by atoms with Crippen molar-refractivity contribution in [3.8, 4) is 5.75 Å². The number of rotatable bonds is 9. The highest BCUT2D eigenvalue weighted by molar-refractivity contribution is 6.32. The first-order chi connectivity index (χ1) is 15.4. The summed E-state index contributed by atoms with van der Waals surface area (Å²) in [5, 5.41) is 12.1. The third-order valence-corrected chi connectivity index (χ3v) is 5.97. The van der Waals surface area contributed by atoms with Crippen molar-refractivity contribution in [2.24, 2.45) is 0 Å². The van der Waals surface area contributed by atoms with Gasteiger partial charge in [0.15, 0.2) is 0 Å². The summed E-state index contributed by atoms with van der Waals surface area (Å²) in [6.07, 6.45) is 5.60. The molecule has 0 bridgehead atoms. The largest absolute Gasteiger partial charge is 0.492 e. The minimum atomic E-state index is -0.870. The number of carbonyl (C=O) groups is 2. The molecule has 1 aliphatic carbocycles. The van der Waals surface area contributed by atoms with Gasteiger partial charge < -0.3 is 20.1 Å². The summed E-state index contributed by atoms with van der Waals surface area (Å²) in [6.45, 7) is 0.248. The van der Waals surface area contributed by atoms with Gasteiger partial charge in [0.2, 0.25) is 5.91 Å². The number of H-pyrrole nitrogens is 1. The quantitative estimate of drug-likeness (QED) is 0.496. The molecule has 0 radical (unpaired) electrons. The molecule has 1 amide bonds. The van der Waals surface area contributed by atoms with Crippen LogP contribution in [0.15, 0.2) is 41.2 Å². The van der Waals surface area contributed by atoms with Gasteiger partial charge in [-0.05, 0) is 55.4 Å². The summed E-state index contributed by atoms with van der Waals surface area (Å²) >= 11 is 6.44. The molecule has 2 heterocycles. The van der Waals surface area contributed by atoms with Gasteiger partial charge in [-0.25, -0.2) is 0 Å². The summed E-state index contributed by atoms with van der Waals surface area (Å²) in [4.78, 5) is 37.9. The van der Waals surface area contributed by atoms with E-state index in [1.54, 1.807) is 12.1 Å². The Morgan fingerprint density at radius 1 is 1.19 bits per heavy atom. The Morgan fingerprint density at radius 3 is 2.62 bits per heavy atom. The lowest BCUT2D eigenvalue weighted by atomic mass is 9.98. The minimum absolute atomic E-state index is 0.00585. The number of amides is 1. The standard InChI is InChI=1S/C24H25ClN2O5/c25-19-12-15(5-9-21(19)32-11-1-2-23(29)30)18(13-16-6-10-22(28)26-16)20-8-7-17(14-3-4-14)24(31)27-20/h5,7-9,12-14,16H,1-4,6,10-11H2,(H,26,28)(H,27,31)(H,29,30)/b18-13+/t16-/m1/s1. The molecule has 4 rings (SSSR count). The Bertz CT molecular complexity index is 1120. The average molecular weight is 457 g/mol. The van der Waals surface area contributed by atoms with Crippen molar-refractivity contribution >= 4 is 29.1 Å². The summed E-state index contributed by atoms with van der Waals surface area (Å²) < 4.78 is 5.61. The monoisotopic (exact) mass is 456 g/mol. The van der Waals surface area contributed by atoms with Gasteiger partial charge in [0.1, 0.15) is 5.75 Å². The molecule has 1 atom stereocenters. The van der Waals surface area contributed by atoms with Crippen molar-refractivity contribution in [1.82, 2.24) is 10.3 Å². The van der Waals surface area contributed by atoms with E-state index in [4.69, 9.17) is 21.4 Å². The van der Waals surface area contributed by atoms with Crippen molar-refractivity contribution < 1.29 is 19.4 Å². The molecule has 1 aliphatic heterocycles. The maximum Gasteiger partial charge on any atom is 0.303 e. The summed E-state index contributed by atoms with van der Waals surface area (Å²) in [7, 11) is 0. The molecule has 2 fully saturated rings. The zero-order valence-electron chi connectivity index (χ0n) is 17.5. The molecule has 168 valence electrons. The van der Waals surface area contributed by atoms with Crippen LogP contribution in [0.5, 0.6) is 5.75 Å². The predicted molar refractivity (Wildman–Crippen MR) is 121 cm³/mol. The lowest BCUT2D eigenvalue weighted by Gasteiger charge is -2.14. The maximum absolute atomic E-state index is 12.6. The average Bonchev–Trinajstić information content (AvgIpc) is 3.51. The fourth-order valence-electron chi connectivity index (χ4n) is 3.85. The molecule has 2 aliphatic rings. The fourth-order valence-corrected chi connectivity index (χ4v) is 4.09. The number of aliphatic carboxylic acids is 1. The maximum atomic E-state index is 12.6. The lowest BCUT2D eigenvalue weighted by Crippen LogP contribution is -2.23. The van der Waals surface area contributed by atoms with E-state index >= 15 is 0 Å². The zero-order chi connectivity index (χ0) is 22.7. The normalized spacial score (nSPS) is 18.5. The van der Waals surface area contributed by atoms with Crippen molar-refractivity contribution in [1.29, 1.82) is 0 Å². The van der Waals surface area contributed by atoms with Crippen LogP contribution in [0.3, 0.4) is 0 Å². The number of carboxylic acids is 1. The first-order valence-corrected chi connectivity index (χ1v) is 11.2. The number of carbonyl (C=O) groups excluding carboxylic acids is 1. The number of aromatic amines is 1. The number of carboxylic acid groups (broad SMARTS) is 1. The molecule has 1 aromatic carbocycles. The number of halogens is 1. The second-order valence-corrected chi connectivity index (χ2v) is 8.62. The highest BCUT2D eigenvalue weighted by Crippen LogP contribution is 2.38. The predicted octanol–water partition coefficient (Wildman–Crippen LogP) is 3.86. The van der Waals surface area contributed by atoms with Gasteiger partial charge in [0, 0.05) is 35.7 Å². The third kappa shape index (κ3) is 5.40. The van der Waals surface area contributed by atoms with Crippen LogP contribution in [0.2, 0.25) is 5.02 Å². The van der Waals surface area contributed by atoms with E-state index < -0.39 is 5.97 Å². The molecule has 1 saturated carbocycles. The molecule has 8 heteroatoms. The second kappa shape index (κ2) is 9.61. The van der Waals surface area contributed by atoms with Gasteiger partial charge in [-0.3, -0.25) is 14.4 Å². The first kappa shape index (κ1) is 22.1. The van der Waals surface area contributed by atoms with Gasteiger partial charge in [0.05, 0.1) is 11.6 Å². The molecule has 32 heavy (non-hydrogen) atoms. The molecule has 3 N–H and O–H groups in total. The van der Waals surface area contributed by atoms with Crippen LogP contribution in [0.4, 0.5) is 0 Å². The van der Waals surface area contributed by atoms with E-state index in [0.717, 1.165) is 29.5 Å². The van der Waals surface area contributed by atoms with E-state index in [-0.39, 0.29) is 30.5 Å². The van der Waals surface area contributed by atoms with Crippen molar-refractivity contribution in [2.45, 2.75) is 50.5 Å². The first-order valence-electron chi connectivity index (χ1n) is 10.8. The Hall–Kier alpha value is -3.06. The highest BCUT2D eigenvalue weighted by atomic mass is 35.5. The molecular formula is C24H25ClN2O5. The van der Waals surface area contributed by atoms with Crippen molar-refractivity contribution in [3.63, 3.8) is 0 Å². The number of benzene rings is 1. The minimum Gasteiger partial charge on any atom is -0.492 e. The number of ether oxygens (including phenoxy) is 1. The van der Waals surface area contributed by atoms with Gasteiger partial charge in [0.25, 0.3) is 5.56 Å². The Kier molecular flexibility index (Phi) is 6.65. The van der Waals surface area contributed by atoms with Gasteiger partial charge in [-0.1, -0.05) is 29.8 Å². The topological polar surface area (TPSA) is 108 Å². The van der Waals surface area contributed by atoms with Crippen LogP contribution >= 0.6 is 11.6 Å². The van der Waals surface area contributed by atoms with Crippen LogP contribution in [-0.4, -0.2) is 34.6 Å². The van der Waals surface area contributed by atoms with Crippen molar-refractivity contribution in [2.75, 3.05) is 6.61 Å². The molecule has 7 nitrogen and oxygen atoms in total. The van der Waals surface area contributed by atoms with E-state index in [0.29, 0.717) is 41.6 Å². The summed E-state index contributed by atoms with van der Waals surface area (Å²) in [5.41, 5.74) is 2.94. The Morgan fingerprint density at radius 2 is 2.00 bits per heavy atom. The molecule has 2 aromatic rings. The Labute approximate surface area is 190 Å². The molecule has 0 spiro atoms. The van der Waals surface area contributed by atoms with Crippen LogP contribution in [0.25, 0.3) is 5.57 Å². The lowest BCUT2D eigenvalue weighted by molar-refractivity contribution is -0.137. The summed E-state index contributed by atoms with van der Waals surface area (Å²) in [6, 6.07) is 8.99. The van der Waals surface area contributed by atoms with Crippen LogP contribution in [-0.2, 0) is 9.59 Å². The van der Waals surface area contributed by atoms with Crippen molar-refractivity contribution in [3.05, 3.63) is 68.6 Å². The number of aromatic nitrogens is 1. The van der Waals surface area contributed by atoms with E-state index in [1.165, 1.54) is 0 Å². The third-order valence-electron chi connectivity index (χ3n) is 5.68. The number of pyridine rings is 1. The van der Waals surface area contributed by atoms with E-state index in [1.807, 2.05) is 24.3 Å². The smallest absolute Gasteiger partial charge is 0.303 e. The van der Waals surface area contributed by atoms with Gasteiger partial charge >= 0.3 is 5.97 Å². The number of nitrogens with one attached hydrogen (secondary N) is 2.